The van der Waals surface area contributed by atoms with Crippen LogP contribution in [0.15, 0.2) is 24.3 Å². The van der Waals surface area contributed by atoms with Crippen molar-refractivity contribution >= 4 is 11.5 Å². The van der Waals surface area contributed by atoms with Crippen molar-refractivity contribution in [3.05, 3.63) is 29.8 Å². The lowest BCUT2D eigenvalue weighted by atomic mass is 10.0. The molecule has 1 aromatic carbocycles. The first-order valence-electron chi connectivity index (χ1n) is 4.37. The maximum atomic E-state index is 13.1. The predicted octanol–water partition coefficient (Wildman–Crippen LogP) is 2.32. The molecule has 0 spiro atoms. The highest BCUT2D eigenvalue weighted by atomic mass is 19.3. The minimum absolute atomic E-state index is 0.0787. The fourth-order valence-electron chi connectivity index (χ4n) is 1.50. The molecule has 14 heavy (non-hydrogen) atoms. The minimum Gasteiger partial charge on any atom is -0.384 e. The molecule has 0 fully saturated rings. The number of nitrogens with one attached hydrogen (secondary N) is 1. The zero-order chi connectivity index (χ0) is 10.2. The first-order chi connectivity index (χ1) is 6.61. The Morgan fingerprint density at radius 3 is 2.79 bits per heavy atom. The molecule has 2 rings (SSSR count). The van der Waals surface area contributed by atoms with Crippen LogP contribution in [0.25, 0.3) is 0 Å². The Bertz CT molecular complexity index is 376. The molecule has 1 heterocycles. The van der Waals surface area contributed by atoms with Crippen molar-refractivity contribution in [2.75, 3.05) is 11.9 Å². The first kappa shape index (κ1) is 9.12. The minimum atomic E-state index is -3.24. The van der Waals surface area contributed by atoms with Gasteiger partial charge in [-0.05, 0) is 12.1 Å². The lowest BCUT2D eigenvalue weighted by Crippen LogP contribution is -2.28. The molecule has 1 N–H and O–H groups in total. The average molecular weight is 197 g/mol. The second-order valence-corrected chi connectivity index (χ2v) is 3.26. The summed E-state index contributed by atoms with van der Waals surface area (Å²) in [7, 11) is 0. The summed E-state index contributed by atoms with van der Waals surface area (Å²) in [6, 6.07) is 6.35. The molecule has 0 saturated heterocycles. The summed E-state index contributed by atoms with van der Waals surface area (Å²) in [5, 5.41) is 2.81. The molecule has 4 heteroatoms. The van der Waals surface area contributed by atoms with Gasteiger partial charge in [0.05, 0.1) is 0 Å². The summed E-state index contributed by atoms with van der Waals surface area (Å²) in [6.45, 7) is 0.121. The molecule has 1 aliphatic heterocycles. The molecule has 0 saturated carbocycles. The van der Waals surface area contributed by atoms with Gasteiger partial charge >= 0.3 is 5.92 Å². The maximum absolute atomic E-state index is 13.1. The monoisotopic (exact) mass is 197 g/mol. The van der Waals surface area contributed by atoms with E-state index in [0.29, 0.717) is 5.69 Å². The summed E-state index contributed by atoms with van der Waals surface area (Å²) in [4.78, 5) is 11.4. The number of anilines is 1. The zero-order valence-electron chi connectivity index (χ0n) is 7.39. The van der Waals surface area contributed by atoms with Gasteiger partial charge in [-0.1, -0.05) is 12.1 Å². The summed E-state index contributed by atoms with van der Waals surface area (Å²) in [5.41, 5.74) is 0.574. The molecule has 1 aromatic rings. The fraction of sp³-hybridized carbons (Fsp3) is 0.300. The van der Waals surface area contributed by atoms with Crippen molar-refractivity contribution in [1.29, 1.82) is 0 Å². The van der Waals surface area contributed by atoms with Gasteiger partial charge in [0.2, 0.25) is 5.78 Å². The summed E-state index contributed by atoms with van der Waals surface area (Å²) < 4.78 is 26.3. The second-order valence-electron chi connectivity index (χ2n) is 3.26. The SMILES string of the molecule is O=C1c2ccccc2NCCC1(F)F. The number of Topliss-reactive ketones (excluding diaryl/α,β-unsaturated/α-hetero) is 1. The average Bonchev–Trinajstić information content (AvgIpc) is 2.27. The van der Waals surface area contributed by atoms with Gasteiger partial charge in [-0.2, -0.15) is 8.78 Å². The molecule has 0 aliphatic carbocycles. The lowest BCUT2D eigenvalue weighted by Gasteiger charge is -2.10. The Labute approximate surface area is 79.9 Å². The summed E-state index contributed by atoms with van der Waals surface area (Å²) >= 11 is 0. The van der Waals surface area contributed by atoms with Crippen molar-refractivity contribution in [2.24, 2.45) is 0 Å². The van der Waals surface area contributed by atoms with Crippen LogP contribution >= 0.6 is 0 Å². The Morgan fingerprint density at radius 2 is 2.00 bits per heavy atom. The molecule has 0 atom stereocenters. The van der Waals surface area contributed by atoms with E-state index in [2.05, 4.69) is 5.32 Å². The topological polar surface area (TPSA) is 29.1 Å². The van der Waals surface area contributed by atoms with Gasteiger partial charge in [0, 0.05) is 24.2 Å². The van der Waals surface area contributed by atoms with Gasteiger partial charge in [0.15, 0.2) is 0 Å². The Morgan fingerprint density at radius 1 is 1.29 bits per heavy atom. The normalized spacial score (nSPS) is 19.4. The van der Waals surface area contributed by atoms with Crippen molar-refractivity contribution in [2.45, 2.75) is 12.3 Å². The van der Waals surface area contributed by atoms with Crippen molar-refractivity contribution in [3.8, 4) is 0 Å². The highest BCUT2D eigenvalue weighted by Gasteiger charge is 2.41. The van der Waals surface area contributed by atoms with E-state index in [4.69, 9.17) is 0 Å². The van der Waals surface area contributed by atoms with Gasteiger partial charge in [0.25, 0.3) is 0 Å². The highest BCUT2D eigenvalue weighted by molar-refractivity contribution is 6.06. The Balaban J connectivity index is 2.51. The van der Waals surface area contributed by atoms with E-state index < -0.39 is 18.1 Å². The van der Waals surface area contributed by atoms with Crippen LogP contribution < -0.4 is 5.32 Å². The molecular weight excluding hydrogens is 188 g/mol. The van der Waals surface area contributed by atoms with Crippen molar-refractivity contribution < 1.29 is 13.6 Å². The van der Waals surface area contributed by atoms with Gasteiger partial charge < -0.3 is 5.32 Å². The molecule has 0 unspecified atom stereocenters. The number of para-hydroxylation sites is 1. The highest BCUT2D eigenvalue weighted by Crippen LogP contribution is 2.30. The number of benzene rings is 1. The number of carbonyl (C=O) groups excluding carboxylic acids is 1. The van der Waals surface area contributed by atoms with E-state index in [-0.39, 0.29) is 12.1 Å². The standard InChI is InChI=1S/C10H9F2NO/c11-10(12)5-6-13-8-4-2-1-3-7(8)9(10)14/h1-4,13H,5-6H2. The lowest BCUT2D eigenvalue weighted by molar-refractivity contribution is 0.00809. The van der Waals surface area contributed by atoms with Crippen LogP contribution in [0, 0.1) is 0 Å². The number of carbonyl (C=O) groups is 1. The number of ketones is 1. The van der Waals surface area contributed by atoms with Crippen molar-refractivity contribution in [1.82, 2.24) is 0 Å². The van der Waals surface area contributed by atoms with Crippen LogP contribution in [-0.4, -0.2) is 18.3 Å². The van der Waals surface area contributed by atoms with Gasteiger partial charge in [-0.15, -0.1) is 0 Å². The molecular formula is C10H9F2NO. The van der Waals surface area contributed by atoms with E-state index in [1.807, 2.05) is 0 Å². The van der Waals surface area contributed by atoms with E-state index in [1.165, 1.54) is 6.07 Å². The predicted molar refractivity (Wildman–Crippen MR) is 48.8 cm³/mol. The van der Waals surface area contributed by atoms with Crippen LogP contribution in [-0.2, 0) is 0 Å². The smallest absolute Gasteiger partial charge is 0.311 e. The Kier molecular flexibility index (Phi) is 1.98. The van der Waals surface area contributed by atoms with E-state index in [0.717, 1.165) is 0 Å². The molecule has 1 aliphatic rings. The third-order valence-corrected chi connectivity index (χ3v) is 2.26. The van der Waals surface area contributed by atoms with Crippen LogP contribution in [0.1, 0.15) is 16.8 Å². The van der Waals surface area contributed by atoms with Gasteiger partial charge in [0.1, 0.15) is 0 Å². The quantitative estimate of drug-likeness (QED) is 0.691. The second kappa shape index (κ2) is 3.04. The number of fused-ring (bicyclic) bond motifs is 1. The first-order valence-corrected chi connectivity index (χ1v) is 4.37. The molecule has 0 amide bonds. The van der Waals surface area contributed by atoms with Crippen LogP contribution in [0.3, 0.4) is 0 Å². The van der Waals surface area contributed by atoms with E-state index in [1.54, 1.807) is 18.2 Å². The van der Waals surface area contributed by atoms with Crippen LogP contribution in [0.4, 0.5) is 14.5 Å². The Hall–Kier alpha value is -1.45. The molecule has 0 bridgehead atoms. The molecule has 0 aromatic heterocycles. The van der Waals surface area contributed by atoms with E-state index >= 15 is 0 Å². The van der Waals surface area contributed by atoms with Crippen molar-refractivity contribution in [3.63, 3.8) is 0 Å². The molecule has 74 valence electrons. The maximum Gasteiger partial charge on any atom is 0.311 e. The number of alkyl halides is 2. The summed E-state index contributed by atoms with van der Waals surface area (Å²) in [5.74, 6) is -4.32. The van der Waals surface area contributed by atoms with Crippen LogP contribution in [0.2, 0.25) is 0 Å². The number of hydrogen-bond acceptors (Lipinski definition) is 2. The van der Waals surface area contributed by atoms with E-state index in [9.17, 15) is 13.6 Å². The molecule has 2 nitrogen and oxygen atoms in total. The number of hydrogen-bond donors (Lipinski definition) is 1. The largest absolute Gasteiger partial charge is 0.384 e. The number of halogens is 2. The number of rotatable bonds is 0. The zero-order valence-corrected chi connectivity index (χ0v) is 7.39. The fourth-order valence-corrected chi connectivity index (χ4v) is 1.50. The van der Waals surface area contributed by atoms with Crippen LogP contribution in [0.5, 0.6) is 0 Å². The third kappa shape index (κ3) is 1.36. The van der Waals surface area contributed by atoms with Gasteiger partial charge in [-0.25, -0.2) is 0 Å². The molecule has 0 radical (unpaired) electrons. The summed E-state index contributed by atoms with van der Waals surface area (Å²) in [6.07, 6.45) is -0.444. The third-order valence-electron chi connectivity index (χ3n) is 2.26. The van der Waals surface area contributed by atoms with Gasteiger partial charge in [-0.3, -0.25) is 4.79 Å².